The maximum absolute atomic E-state index is 12.1. The Morgan fingerprint density at radius 2 is 2.04 bits per heavy atom. The molecule has 0 saturated heterocycles. The van der Waals surface area contributed by atoms with Crippen molar-refractivity contribution in [2.24, 2.45) is 0 Å². The zero-order chi connectivity index (χ0) is 17.8. The highest BCUT2D eigenvalue weighted by molar-refractivity contribution is 7.99. The van der Waals surface area contributed by atoms with Crippen LogP contribution in [0.4, 0.5) is 5.69 Å². The lowest BCUT2D eigenvalue weighted by Gasteiger charge is -2.10. The molecule has 7 heteroatoms. The fourth-order valence-corrected chi connectivity index (χ4v) is 3.52. The van der Waals surface area contributed by atoms with Crippen LogP contribution in [0.25, 0.3) is 11.1 Å². The van der Waals surface area contributed by atoms with Crippen LogP contribution in [0.1, 0.15) is 18.4 Å². The molecule has 2 aromatic carbocycles. The second kappa shape index (κ2) is 8.13. The van der Waals surface area contributed by atoms with Gasteiger partial charge in [0, 0.05) is 12.2 Å². The number of aromatic nitrogens is 1. The summed E-state index contributed by atoms with van der Waals surface area (Å²) >= 11 is 13.8. The first kappa shape index (κ1) is 18.1. The van der Waals surface area contributed by atoms with Crippen LogP contribution in [-0.2, 0) is 4.79 Å². The molecule has 0 bridgehead atoms. The van der Waals surface area contributed by atoms with Crippen LogP contribution in [0, 0.1) is 6.92 Å². The van der Waals surface area contributed by atoms with Gasteiger partial charge in [-0.3, -0.25) is 4.79 Å². The number of halogens is 2. The number of nitrogens with zero attached hydrogens (tertiary/aromatic N) is 1. The number of para-hydroxylation sites is 2. The lowest BCUT2D eigenvalue weighted by Crippen LogP contribution is -2.12. The van der Waals surface area contributed by atoms with E-state index >= 15 is 0 Å². The Kier molecular flexibility index (Phi) is 5.89. The van der Waals surface area contributed by atoms with Crippen LogP contribution >= 0.6 is 35.0 Å². The van der Waals surface area contributed by atoms with Crippen LogP contribution < -0.4 is 5.32 Å². The van der Waals surface area contributed by atoms with Crippen molar-refractivity contribution in [1.82, 2.24) is 4.98 Å². The summed E-state index contributed by atoms with van der Waals surface area (Å²) in [5, 5.41) is 4.31. The summed E-state index contributed by atoms with van der Waals surface area (Å²) in [6.45, 7) is 1.87. The van der Waals surface area contributed by atoms with Gasteiger partial charge in [0.15, 0.2) is 5.58 Å². The molecule has 1 aromatic heterocycles. The van der Waals surface area contributed by atoms with Crippen molar-refractivity contribution in [2.45, 2.75) is 25.0 Å². The molecule has 0 radical (unpaired) electrons. The van der Waals surface area contributed by atoms with Crippen LogP contribution in [0.2, 0.25) is 10.0 Å². The highest BCUT2D eigenvalue weighted by Gasteiger charge is 2.12. The first-order valence-corrected chi connectivity index (χ1v) is 9.51. The second-order valence-electron chi connectivity index (χ2n) is 5.50. The van der Waals surface area contributed by atoms with Gasteiger partial charge in [-0.15, -0.1) is 0 Å². The van der Waals surface area contributed by atoms with Gasteiger partial charge in [0.05, 0.1) is 15.7 Å². The van der Waals surface area contributed by atoms with Gasteiger partial charge in [-0.2, -0.15) is 0 Å². The molecule has 0 saturated carbocycles. The zero-order valence-corrected chi connectivity index (χ0v) is 15.8. The number of rotatable bonds is 6. The molecular weight excluding hydrogens is 379 g/mol. The van der Waals surface area contributed by atoms with Gasteiger partial charge in [0.1, 0.15) is 5.52 Å². The number of carbonyl (C=O) groups excluding carboxylic acids is 1. The molecule has 3 rings (SSSR count). The summed E-state index contributed by atoms with van der Waals surface area (Å²) in [5.74, 6) is 0.614. The summed E-state index contributed by atoms with van der Waals surface area (Å²) < 4.78 is 5.63. The summed E-state index contributed by atoms with van der Waals surface area (Å²) in [5.41, 5.74) is 2.95. The highest BCUT2D eigenvalue weighted by atomic mass is 35.5. The fourth-order valence-electron chi connectivity index (χ4n) is 2.28. The number of anilines is 1. The fraction of sp³-hybridized carbons (Fsp3) is 0.222. The maximum atomic E-state index is 12.1. The van der Waals surface area contributed by atoms with Gasteiger partial charge in [0.25, 0.3) is 5.22 Å². The molecule has 1 heterocycles. The third-order valence-corrected chi connectivity index (χ3v) is 5.31. The van der Waals surface area contributed by atoms with E-state index in [-0.39, 0.29) is 5.91 Å². The Bertz CT molecular complexity index is 878. The molecule has 4 nitrogen and oxygen atoms in total. The minimum Gasteiger partial charge on any atom is -0.431 e. The van der Waals surface area contributed by atoms with Crippen LogP contribution in [0.3, 0.4) is 0 Å². The predicted octanol–water partition coefficient (Wildman–Crippen LogP) is 5.95. The van der Waals surface area contributed by atoms with Gasteiger partial charge < -0.3 is 9.73 Å². The third kappa shape index (κ3) is 4.48. The molecular formula is C18H16Cl2N2O2S. The number of nitrogens with one attached hydrogen (secondary N) is 1. The number of thioether (sulfide) groups is 1. The molecule has 0 aliphatic heterocycles. The van der Waals surface area contributed by atoms with E-state index in [1.165, 1.54) is 11.8 Å². The second-order valence-corrected chi connectivity index (χ2v) is 7.33. The molecule has 25 heavy (non-hydrogen) atoms. The number of amides is 1. The summed E-state index contributed by atoms with van der Waals surface area (Å²) in [6, 6.07) is 11.2. The van der Waals surface area contributed by atoms with Crippen molar-refractivity contribution in [3.63, 3.8) is 0 Å². The smallest absolute Gasteiger partial charge is 0.256 e. The van der Waals surface area contributed by atoms with E-state index in [0.29, 0.717) is 33.8 Å². The number of aryl methyl sites for hydroxylation is 1. The molecule has 0 aliphatic carbocycles. The van der Waals surface area contributed by atoms with Gasteiger partial charge in [-0.25, -0.2) is 4.98 Å². The van der Waals surface area contributed by atoms with E-state index in [0.717, 1.165) is 22.4 Å². The van der Waals surface area contributed by atoms with Crippen LogP contribution in [-0.4, -0.2) is 16.6 Å². The Morgan fingerprint density at radius 1 is 1.24 bits per heavy atom. The Hall–Kier alpha value is -1.69. The minimum atomic E-state index is -0.118. The molecule has 0 unspecified atom stereocenters. The Morgan fingerprint density at radius 3 is 2.84 bits per heavy atom. The van der Waals surface area contributed by atoms with Crippen molar-refractivity contribution in [3.05, 3.63) is 52.0 Å². The molecule has 1 amide bonds. The number of fused-ring (bicyclic) bond motifs is 1. The molecule has 0 spiro atoms. The lowest BCUT2D eigenvalue weighted by atomic mass is 10.2. The Balaban J connectivity index is 1.49. The topological polar surface area (TPSA) is 55.1 Å². The van der Waals surface area contributed by atoms with Crippen LogP contribution in [0.5, 0.6) is 0 Å². The normalized spacial score (nSPS) is 11.0. The molecule has 0 fully saturated rings. The average molecular weight is 395 g/mol. The number of benzene rings is 2. The quantitative estimate of drug-likeness (QED) is 0.414. The SMILES string of the molecule is Cc1ccc(Cl)c(NC(=O)CCCSc2nc3ccccc3o2)c1Cl. The zero-order valence-electron chi connectivity index (χ0n) is 13.5. The van der Waals surface area contributed by atoms with E-state index < -0.39 is 0 Å². The number of carbonyl (C=O) groups is 1. The third-order valence-electron chi connectivity index (χ3n) is 3.60. The Labute approximate surface area is 159 Å². The molecule has 130 valence electrons. The number of hydrogen-bond donors (Lipinski definition) is 1. The van der Waals surface area contributed by atoms with Crippen molar-refractivity contribution in [3.8, 4) is 0 Å². The van der Waals surface area contributed by atoms with E-state index in [2.05, 4.69) is 10.3 Å². The van der Waals surface area contributed by atoms with E-state index in [1.807, 2.05) is 37.3 Å². The summed E-state index contributed by atoms with van der Waals surface area (Å²) in [6.07, 6.45) is 1.06. The van der Waals surface area contributed by atoms with Crippen molar-refractivity contribution < 1.29 is 9.21 Å². The van der Waals surface area contributed by atoms with E-state index in [9.17, 15) is 4.79 Å². The highest BCUT2D eigenvalue weighted by Crippen LogP contribution is 2.33. The maximum Gasteiger partial charge on any atom is 0.256 e. The molecule has 3 aromatic rings. The summed E-state index contributed by atoms with van der Waals surface area (Å²) in [7, 11) is 0. The summed E-state index contributed by atoms with van der Waals surface area (Å²) in [4.78, 5) is 16.5. The van der Waals surface area contributed by atoms with Crippen molar-refractivity contribution in [1.29, 1.82) is 0 Å². The monoisotopic (exact) mass is 394 g/mol. The minimum absolute atomic E-state index is 0.118. The lowest BCUT2D eigenvalue weighted by molar-refractivity contribution is -0.116. The van der Waals surface area contributed by atoms with Gasteiger partial charge in [0.2, 0.25) is 5.91 Å². The van der Waals surface area contributed by atoms with Crippen LogP contribution in [0.15, 0.2) is 46.0 Å². The van der Waals surface area contributed by atoms with Gasteiger partial charge in [-0.05, 0) is 37.1 Å². The average Bonchev–Trinajstić information content (AvgIpc) is 3.02. The largest absolute Gasteiger partial charge is 0.431 e. The van der Waals surface area contributed by atoms with E-state index in [4.69, 9.17) is 27.6 Å². The first-order chi connectivity index (χ1) is 12.0. The first-order valence-electron chi connectivity index (χ1n) is 7.77. The molecule has 1 N–H and O–H groups in total. The number of hydrogen-bond acceptors (Lipinski definition) is 4. The number of oxazole rings is 1. The molecule has 0 atom stereocenters. The van der Waals surface area contributed by atoms with Gasteiger partial charge in [-0.1, -0.05) is 53.2 Å². The molecule has 0 aliphatic rings. The van der Waals surface area contributed by atoms with Crippen molar-refractivity contribution >= 4 is 57.7 Å². The standard InChI is InChI=1S/C18H16Cl2N2O2S/c1-11-8-9-12(19)17(16(11)20)22-15(23)7-4-10-25-18-21-13-5-2-3-6-14(13)24-18/h2-3,5-6,8-9H,4,7,10H2,1H3,(H,22,23). The predicted molar refractivity (Wildman–Crippen MR) is 104 cm³/mol. The van der Waals surface area contributed by atoms with E-state index in [1.54, 1.807) is 6.07 Å². The van der Waals surface area contributed by atoms with Crippen molar-refractivity contribution in [2.75, 3.05) is 11.1 Å². The van der Waals surface area contributed by atoms with Gasteiger partial charge >= 0.3 is 0 Å².